The Morgan fingerprint density at radius 1 is 1.02 bits per heavy atom. The van der Waals surface area contributed by atoms with Crippen molar-refractivity contribution in [1.82, 2.24) is 19.7 Å². The van der Waals surface area contributed by atoms with E-state index >= 15 is 0 Å². The zero-order chi connectivity index (χ0) is 29.7. The van der Waals surface area contributed by atoms with Crippen molar-refractivity contribution in [2.24, 2.45) is 0 Å². The minimum Gasteiger partial charge on any atom is -0.395 e. The van der Waals surface area contributed by atoms with Crippen LogP contribution in [0.1, 0.15) is 37.8 Å². The van der Waals surface area contributed by atoms with Crippen LogP contribution < -0.4 is 19.9 Å². The van der Waals surface area contributed by atoms with Crippen molar-refractivity contribution in [3.8, 4) is 33.9 Å². The summed E-state index contributed by atoms with van der Waals surface area (Å²) in [5.74, 6) is -0.665. The molecule has 0 unspecified atom stereocenters. The van der Waals surface area contributed by atoms with Gasteiger partial charge in [0, 0.05) is 28.8 Å². The van der Waals surface area contributed by atoms with Gasteiger partial charge in [-0.25, -0.2) is 9.67 Å². The van der Waals surface area contributed by atoms with Crippen LogP contribution in [0.4, 0.5) is 14.5 Å². The number of amides is 1. The molecule has 43 heavy (non-hydrogen) atoms. The molecule has 3 aromatic carbocycles. The average molecular weight is 582 g/mol. The van der Waals surface area contributed by atoms with Gasteiger partial charge in [-0.1, -0.05) is 50.2 Å². The second kappa shape index (κ2) is 8.73. The summed E-state index contributed by atoms with van der Waals surface area (Å²) >= 11 is 0. The van der Waals surface area contributed by atoms with Gasteiger partial charge in [-0.2, -0.15) is 5.10 Å². The molecule has 8 rings (SSSR count). The molecule has 0 spiro atoms. The number of halogens is 2. The van der Waals surface area contributed by atoms with Gasteiger partial charge in [-0.15, -0.1) is 8.78 Å². The van der Waals surface area contributed by atoms with E-state index in [1.54, 1.807) is 0 Å². The number of aromatic nitrogens is 4. The van der Waals surface area contributed by atoms with Crippen LogP contribution in [0.5, 0.6) is 11.5 Å². The topological polar surface area (TPSA) is 102 Å². The van der Waals surface area contributed by atoms with Gasteiger partial charge in [0.05, 0.1) is 6.33 Å². The van der Waals surface area contributed by atoms with E-state index in [0.29, 0.717) is 16.9 Å². The largest absolute Gasteiger partial charge is 0.586 e. The van der Waals surface area contributed by atoms with Crippen molar-refractivity contribution in [2.75, 3.05) is 4.90 Å². The van der Waals surface area contributed by atoms with Crippen molar-refractivity contribution < 1.29 is 23.0 Å². The van der Waals surface area contributed by atoms with Gasteiger partial charge in [0.25, 0.3) is 5.56 Å². The highest BCUT2D eigenvalue weighted by molar-refractivity contribution is 5.95. The maximum absolute atomic E-state index is 13.7. The van der Waals surface area contributed by atoms with E-state index in [9.17, 15) is 18.4 Å². The number of anilines is 1. The molecule has 0 bridgehead atoms. The lowest BCUT2D eigenvalue weighted by molar-refractivity contribution is -0.286. The highest BCUT2D eigenvalue weighted by Crippen LogP contribution is 2.49. The third kappa shape index (κ3) is 3.94. The number of carbonyl (C=O) groups is 1. The summed E-state index contributed by atoms with van der Waals surface area (Å²) in [4.78, 5) is 36.0. The molecule has 11 heteroatoms. The number of alkyl halides is 2. The Morgan fingerprint density at radius 2 is 1.79 bits per heavy atom. The van der Waals surface area contributed by atoms with E-state index in [1.807, 2.05) is 18.2 Å². The number of nitrogens with one attached hydrogen (secondary N) is 1. The second-order valence-electron chi connectivity index (χ2n) is 11.7. The van der Waals surface area contributed by atoms with Crippen molar-refractivity contribution >= 4 is 22.6 Å². The third-order valence-corrected chi connectivity index (χ3v) is 8.52. The lowest BCUT2D eigenvalue weighted by Gasteiger charge is -2.23. The molecule has 1 saturated carbocycles. The third-order valence-electron chi connectivity index (χ3n) is 8.52. The van der Waals surface area contributed by atoms with Crippen molar-refractivity contribution in [3.63, 3.8) is 0 Å². The van der Waals surface area contributed by atoms with E-state index in [-0.39, 0.29) is 35.0 Å². The summed E-state index contributed by atoms with van der Waals surface area (Å²) in [6, 6.07) is 18.6. The number of benzene rings is 3. The molecular formula is C32H25F2N5O4. The van der Waals surface area contributed by atoms with Gasteiger partial charge >= 0.3 is 6.29 Å². The SMILES string of the molecule is CC1(C)c2ccccc2-c2ccc(-c3nn(CC(=O)N(c4ccc5c(c4)OC(F)(F)O5)C4CC4)c(=O)c4[nH]cnc34)cc21. The zero-order valence-corrected chi connectivity index (χ0v) is 23.2. The molecule has 0 atom stereocenters. The van der Waals surface area contributed by atoms with Gasteiger partial charge in [0.1, 0.15) is 23.3 Å². The first-order chi connectivity index (χ1) is 20.6. The molecule has 0 radical (unpaired) electrons. The van der Waals surface area contributed by atoms with Crippen molar-refractivity contribution in [1.29, 1.82) is 0 Å². The van der Waals surface area contributed by atoms with Crippen LogP contribution >= 0.6 is 0 Å². The predicted octanol–water partition coefficient (Wildman–Crippen LogP) is 5.61. The van der Waals surface area contributed by atoms with E-state index < -0.39 is 17.8 Å². The number of hydrogen-bond donors (Lipinski definition) is 1. The summed E-state index contributed by atoms with van der Waals surface area (Å²) in [5, 5.41) is 4.67. The molecule has 1 N–H and O–H groups in total. The molecule has 5 aromatic rings. The smallest absolute Gasteiger partial charge is 0.395 e. The Morgan fingerprint density at radius 3 is 2.60 bits per heavy atom. The first-order valence-electron chi connectivity index (χ1n) is 14.0. The molecule has 2 aromatic heterocycles. The maximum Gasteiger partial charge on any atom is 0.586 e. The summed E-state index contributed by atoms with van der Waals surface area (Å²) in [6.45, 7) is 4.01. The molecule has 216 valence electrons. The number of carbonyl (C=O) groups excluding carboxylic acids is 1. The molecule has 1 fully saturated rings. The fourth-order valence-electron chi connectivity index (χ4n) is 6.32. The molecule has 3 aliphatic rings. The zero-order valence-electron chi connectivity index (χ0n) is 23.2. The summed E-state index contributed by atoms with van der Waals surface area (Å²) < 4.78 is 37.5. The van der Waals surface area contributed by atoms with Gasteiger partial charge in [-0.3, -0.25) is 9.59 Å². The Balaban J connectivity index is 1.18. The number of ether oxygens (including phenoxy) is 2. The second-order valence-corrected chi connectivity index (χ2v) is 11.7. The number of H-pyrrole nitrogens is 1. The molecule has 1 aliphatic heterocycles. The number of fused-ring (bicyclic) bond motifs is 5. The average Bonchev–Trinajstić information content (AvgIpc) is 3.50. The summed E-state index contributed by atoms with van der Waals surface area (Å²) in [7, 11) is 0. The minimum absolute atomic E-state index is 0.107. The first-order valence-corrected chi connectivity index (χ1v) is 14.0. The number of hydrogen-bond acceptors (Lipinski definition) is 6. The Labute approximate surface area is 243 Å². The van der Waals surface area contributed by atoms with Crippen LogP contribution in [-0.2, 0) is 16.8 Å². The molecule has 1 amide bonds. The molecule has 9 nitrogen and oxygen atoms in total. The standard InChI is InChI=1S/C32H25F2N5O4/c1-31(2)22-6-4-3-5-20(22)21-11-7-17(13-23(21)31)27-28-29(36-16-35-28)30(41)38(37-27)15-26(40)39(18-8-9-18)19-10-12-24-25(14-19)43-32(33,34)42-24/h3-7,10-14,16,18H,8-9,15H2,1-2H3,(H,35,36). The van der Waals surface area contributed by atoms with E-state index in [2.05, 4.69) is 62.7 Å². The van der Waals surface area contributed by atoms with Crippen LogP contribution in [0.15, 0.2) is 71.8 Å². The van der Waals surface area contributed by atoms with Crippen LogP contribution in [0.3, 0.4) is 0 Å². The molecule has 3 heterocycles. The number of nitrogens with zero attached hydrogens (tertiary/aromatic N) is 4. The van der Waals surface area contributed by atoms with Gasteiger partial charge in [-0.05, 0) is 53.3 Å². The number of rotatable bonds is 5. The van der Waals surface area contributed by atoms with Crippen LogP contribution in [-0.4, -0.2) is 38.0 Å². The highest BCUT2D eigenvalue weighted by atomic mass is 19.3. The van der Waals surface area contributed by atoms with Gasteiger partial charge in [0.2, 0.25) is 5.91 Å². The summed E-state index contributed by atoms with van der Waals surface area (Å²) in [6.07, 6.45) is -0.832. The van der Waals surface area contributed by atoms with Crippen LogP contribution in [0, 0.1) is 0 Å². The quantitative estimate of drug-likeness (QED) is 0.290. The van der Waals surface area contributed by atoms with Gasteiger partial charge < -0.3 is 19.4 Å². The molecular weight excluding hydrogens is 556 g/mol. The normalized spacial score (nSPS) is 17.1. The van der Waals surface area contributed by atoms with Crippen molar-refractivity contribution in [2.45, 2.75) is 51.0 Å². The Kier molecular flexibility index (Phi) is 5.20. The molecule has 2 aliphatic carbocycles. The van der Waals surface area contributed by atoms with E-state index in [0.717, 1.165) is 34.2 Å². The number of aromatic amines is 1. The minimum atomic E-state index is -3.77. The fraction of sp³-hybridized carbons (Fsp3) is 0.250. The Hall–Kier alpha value is -5.06. The lowest BCUT2D eigenvalue weighted by Crippen LogP contribution is -2.39. The van der Waals surface area contributed by atoms with Gasteiger partial charge in [0.15, 0.2) is 11.5 Å². The lowest BCUT2D eigenvalue weighted by atomic mass is 9.82. The van der Waals surface area contributed by atoms with E-state index in [4.69, 9.17) is 0 Å². The summed E-state index contributed by atoms with van der Waals surface area (Å²) in [5.41, 5.74) is 6.26. The van der Waals surface area contributed by atoms with Crippen molar-refractivity contribution in [3.05, 3.63) is 88.5 Å². The number of imidazole rings is 1. The first kappa shape index (κ1) is 25.6. The monoisotopic (exact) mass is 581 g/mol. The van der Waals surface area contributed by atoms with Crippen LogP contribution in [0.25, 0.3) is 33.4 Å². The fourth-order valence-corrected chi connectivity index (χ4v) is 6.32. The van der Waals surface area contributed by atoms with E-state index in [1.165, 1.54) is 40.6 Å². The Bertz CT molecular complexity index is 2050. The van der Waals surface area contributed by atoms with Crippen LogP contribution in [0.2, 0.25) is 0 Å². The predicted molar refractivity (Wildman–Crippen MR) is 154 cm³/mol. The molecule has 0 saturated heterocycles. The maximum atomic E-state index is 13.7. The highest BCUT2D eigenvalue weighted by Gasteiger charge is 2.44.